The van der Waals surface area contributed by atoms with Crippen molar-refractivity contribution < 1.29 is 9.32 Å². The molecule has 1 amide bonds. The van der Waals surface area contributed by atoms with Crippen molar-refractivity contribution in [3.8, 4) is 10.6 Å². The van der Waals surface area contributed by atoms with Crippen molar-refractivity contribution in [1.82, 2.24) is 15.4 Å². The lowest BCUT2D eigenvalue weighted by Gasteiger charge is -2.36. The first-order chi connectivity index (χ1) is 14.7. The van der Waals surface area contributed by atoms with Crippen molar-refractivity contribution in [2.24, 2.45) is 0 Å². The first-order valence-corrected chi connectivity index (χ1v) is 12.4. The summed E-state index contributed by atoms with van der Waals surface area (Å²) in [6, 6.07) is 17.3. The van der Waals surface area contributed by atoms with E-state index in [9.17, 15) is 4.79 Å². The average molecular weight is 442 g/mol. The molecule has 0 spiro atoms. The van der Waals surface area contributed by atoms with E-state index in [1.165, 1.54) is 5.56 Å². The van der Waals surface area contributed by atoms with Gasteiger partial charge in [-0.3, -0.25) is 9.69 Å². The Morgan fingerprint density at radius 1 is 1.27 bits per heavy atom. The molecule has 1 aliphatic rings. The van der Waals surface area contributed by atoms with E-state index in [1.54, 1.807) is 23.1 Å². The van der Waals surface area contributed by atoms with Crippen LogP contribution in [0.3, 0.4) is 0 Å². The molecule has 1 aromatic carbocycles. The third-order valence-electron chi connectivity index (χ3n) is 5.53. The zero-order valence-corrected chi connectivity index (χ0v) is 18.8. The van der Waals surface area contributed by atoms with Crippen molar-refractivity contribution in [2.75, 3.05) is 18.8 Å². The lowest BCUT2D eigenvalue weighted by molar-refractivity contribution is -0.119. The van der Waals surface area contributed by atoms with Crippen LogP contribution in [0.25, 0.3) is 10.6 Å². The number of hydrogen-bond acceptors (Lipinski definition) is 6. The molecule has 1 fully saturated rings. The second kappa shape index (κ2) is 10.3. The van der Waals surface area contributed by atoms with Crippen molar-refractivity contribution in [3.63, 3.8) is 0 Å². The number of likely N-dealkylation sites (tertiary alicyclic amines) is 1. The maximum absolute atomic E-state index is 12.3. The molecule has 7 heteroatoms. The zero-order chi connectivity index (χ0) is 20.8. The predicted molar refractivity (Wildman–Crippen MR) is 124 cm³/mol. The van der Waals surface area contributed by atoms with Crippen molar-refractivity contribution in [2.45, 2.75) is 37.6 Å². The van der Waals surface area contributed by atoms with Crippen molar-refractivity contribution in [1.29, 1.82) is 0 Å². The Morgan fingerprint density at radius 2 is 2.07 bits per heavy atom. The van der Waals surface area contributed by atoms with E-state index in [4.69, 9.17) is 4.52 Å². The summed E-state index contributed by atoms with van der Waals surface area (Å²) < 4.78 is 5.39. The number of thiophene rings is 1. The summed E-state index contributed by atoms with van der Waals surface area (Å²) in [7, 11) is 0. The van der Waals surface area contributed by atoms with Crippen LogP contribution in [-0.4, -0.2) is 40.8 Å². The van der Waals surface area contributed by atoms with Gasteiger partial charge in [-0.25, -0.2) is 0 Å². The Balaban J connectivity index is 1.16. The van der Waals surface area contributed by atoms with Gasteiger partial charge in [0.2, 0.25) is 5.91 Å². The smallest absolute Gasteiger partial charge is 0.230 e. The summed E-state index contributed by atoms with van der Waals surface area (Å²) in [5, 5.41) is 9.33. The van der Waals surface area contributed by atoms with E-state index >= 15 is 0 Å². The van der Waals surface area contributed by atoms with Crippen LogP contribution in [0.2, 0.25) is 0 Å². The molecule has 1 saturated heterocycles. The summed E-state index contributed by atoms with van der Waals surface area (Å²) in [5.74, 6) is 2.02. The highest BCUT2D eigenvalue weighted by Crippen LogP contribution is 2.27. The third-order valence-corrected chi connectivity index (χ3v) is 7.38. The summed E-state index contributed by atoms with van der Waals surface area (Å²) in [6.45, 7) is 4.29. The molecule has 158 valence electrons. The monoisotopic (exact) mass is 441 g/mol. The molecule has 2 aromatic heterocycles. The average Bonchev–Trinajstić information content (AvgIpc) is 3.46. The topological polar surface area (TPSA) is 58.4 Å². The molecule has 0 aliphatic carbocycles. The number of piperidine rings is 1. The first-order valence-electron chi connectivity index (χ1n) is 10.3. The standard InChI is InChI=1S/C23H27N3O2S2/c1-17(18-6-3-2-4-7-18)26-11-9-19(10-12-26)24-23(27)16-29-15-20-14-21(28-25-20)22-8-5-13-30-22/h2-8,13-14,17,19H,9-12,15-16H2,1H3,(H,24,27). The molecular weight excluding hydrogens is 414 g/mol. The highest BCUT2D eigenvalue weighted by atomic mass is 32.2. The first kappa shape index (κ1) is 21.2. The Bertz CT molecular complexity index is 919. The largest absolute Gasteiger partial charge is 0.355 e. The van der Waals surface area contributed by atoms with Gasteiger partial charge in [-0.15, -0.1) is 23.1 Å². The second-order valence-electron chi connectivity index (χ2n) is 7.62. The predicted octanol–water partition coefficient (Wildman–Crippen LogP) is 4.98. The maximum atomic E-state index is 12.3. The number of thioether (sulfide) groups is 1. The number of aromatic nitrogens is 1. The number of carbonyl (C=O) groups excluding carboxylic acids is 1. The highest BCUT2D eigenvalue weighted by Gasteiger charge is 2.24. The Morgan fingerprint density at radius 3 is 2.80 bits per heavy atom. The van der Waals surface area contributed by atoms with Gasteiger partial charge in [0.25, 0.3) is 0 Å². The van der Waals surface area contributed by atoms with Crippen LogP contribution in [0.4, 0.5) is 0 Å². The van der Waals surface area contributed by atoms with Gasteiger partial charge in [-0.05, 0) is 36.8 Å². The number of rotatable bonds is 8. The SMILES string of the molecule is CC(c1ccccc1)N1CCC(NC(=O)CSCc2cc(-c3cccs3)on2)CC1. The highest BCUT2D eigenvalue weighted by molar-refractivity contribution is 7.99. The summed E-state index contributed by atoms with van der Waals surface area (Å²) in [4.78, 5) is 15.9. The van der Waals surface area contributed by atoms with Gasteiger partial charge in [0.1, 0.15) is 0 Å². The summed E-state index contributed by atoms with van der Waals surface area (Å²) >= 11 is 3.20. The van der Waals surface area contributed by atoms with Gasteiger partial charge < -0.3 is 9.84 Å². The van der Waals surface area contributed by atoms with E-state index in [1.807, 2.05) is 23.6 Å². The lowest BCUT2D eigenvalue weighted by atomic mass is 10.0. The van der Waals surface area contributed by atoms with E-state index in [-0.39, 0.29) is 11.9 Å². The van der Waals surface area contributed by atoms with E-state index in [0.717, 1.165) is 42.3 Å². The van der Waals surface area contributed by atoms with Gasteiger partial charge in [0.05, 0.1) is 16.3 Å². The Labute approximate surface area is 185 Å². The van der Waals surface area contributed by atoms with Crippen molar-refractivity contribution in [3.05, 3.63) is 65.2 Å². The zero-order valence-electron chi connectivity index (χ0n) is 17.1. The van der Waals surface area contributed by atoms with Crippen LogP contribution < -0.4 is 5.32 Å². The number of benzene rings is 1. The minimum absolute atomic E-state index is 0.108. The quantitative estimate of drug-likeness (QED) is 0.534. The van der Waals surface area contributed by atoms with Crippen LogP contribution in [0.5, 0.6) is 0 Å². The van der Waals surface area contributed by atoms with Crippen LogP contribution in [0, 0.1) is 0 Å². The van der Waals surface area contributed by atoms with Crippen LogP contribution in [-0.2, 0) is 10.5 Å². The molecule has 5 nitrogen and oxygen atoms in total. The molecular formula is C23H27N3O2S2. The number of hydrogen-bond donors (Lipinski definition) is 1. The normalized spacial score (nSPS) is 16.4. The van der Waals surface area contributed by atoms with Crippen LogP contribution >= 0.6 is 23.1 Å². The molecule has 0 saturated carbocycles. The molecule has 0 radical (unpaired) electrons. The number of nitrogens with one attached hydrogen (secondary N) is 1. The molecule has 1 atom stereocenters. The molecule has 1 unspecified atom stereocenters. The van der Waals surface area contributed by atoms with Crippen LogP contribution in [0.15, 0.2) is 58.4 Å². The fourth-order valence-corrected chi connectivity index (χ4v) is 5.20. The molecule has 0 bridgehead atoms. The van der Waals surface area contributed by atoms with E-state index in [2.05, 4.69) is 52.6 Å². The Kier molecular flexibility index (Phi) is 7.25. The third kappa shape index (κ3) is 5.53. The fourth-order valence-electron chi connectivity index (χ4n) is 3.81. The van der Waals surface area contributed by atoms with Gasteiger partial charge in [0, 0.05) is 37.0 Å². The summed E-state index contributed by atoms with van der Waals surface area (Å²) in [6.07, 6.45) is 2.00. The minimum Gasteiger partial charge on any atom is -0.355 e. The fraction of sp³-hybridized carbons (Fsp3) is 0.391. The van der Waals surface area contributed by atoms with Gasteiger partial charge in [-0.2, -0.15) is 0 Å². The Hall–Kier alpha value is -2.09. The molecule has 1 N–H and O–H groups in total. The van der Waals surface area contributed by atoms with Gasteiger partial charge in [0.15, 0.2) is 5.76 Å². The molecule has 4 rings (SSSR count). The van der Waals surface area contributed by atoms with E-state index < -0.39 is 0 Å². The van der Waals surface area contributed by atoms with E-state index in [0.29, 0.717) is 17.5 Å². The molecule has 30 heavy (non-hydrogen) atoms. The minimum atomic E-state index is 0.108. The summed E-state index contributed by atoms with van der Waals surface area (Å²) in [5.41, 5.74) is 2.23. The number of carbonyl (C=O) groups is 1. The number of nitrogens with zero attached hydrogens (tertiary/aromatic N) is 2. The second-order valence-corrected chi connectivity index (χ2v) is 9.55. The lowest BCUT2D eigenvalue weighted by Crippen LogP contribution is -2.45. The molecule has 3 heterocycles. The molecule has 3 aromatic rings. The maximum Gasteiger partial charge on any atom is 0.230 e. The van der Waals surface area contributed by atoms with Crippen molar-refractivity contribution >= 4 is 29.0 Å². The van der Waals surface area contributed by atoms with Crippen LogP contribution in [0.1, 0.15) is 37.1 Å². The number of amides is 1. The van der Waals surface area contributed by atoms with Gasteiger partial charge >= 0.3 is 0 Å². The van der Waals surface area contributed by atoms with Gasteiger partial charge in [-0.1, -0.05) is 41.6 Å². The molecule has 1 aliphatic heterocycles.